The fraction of sp³-hybridized carbons (Fsp3) is 0.800. The first-order chi connectivity index (χ1) is 13.5. The van der Waals surface area contributed by atoms with E-state index in [0.29, 0.717) is 11.3 Å². The van der Waals surface area contributed by atoms with Gasteiger partial charge in [0, 0.05) is 0 Å². The van der Waals surface area contributed by atoms with Gasteiger partial charge in [-0.3, -0.25) is 9.59 Å². The summed E-state index contributed by atoms with van der Waals surface area (Å²) in [6.07, 6.45) is -1.89. The Balaban J connectivity index is 6.20. The first-order valence-electron chi connectivity index (χ1n) is 10.1. The monoisotopic (exact) mass is 431 g/mol. The molecule has 5 N–H and O–H groups in total. The molecular formula is C20H37N3O7. The van der Waals surface area contributed by atoms with Crippen LogP contribution in [0.4, 0.5) is 4.79 Å². The third kappa shape index (κ3) is 7.91. The van der Waals surface area contributed by atoms with E-state index in [9.17, 15) is 29.4 Å². The van der Waals surface area contributed by atoms with Crippen LogP contribution in [0.2, 0.25) is 0 Å². The smallest absolute Gasteiger partial charge is 0.417 e. The molecule has 0 aromatic heterocycles. The lowest BCUT2D eigenvalue weighted by molar-refractivity contribution is -0.153. The van der Waals surface area contributed by atoms with Crippen LogP contribution in [-0.4, -0.2) is 68.8 Å². The van der Waals surface area contributed by atoms with E-state index >= 15 is 0 Å². The van der Waals surface area contributed by atoms with Gasteiger partial charge in [0.05, 0.1) is 6.10 Å². The van der Waals surface area contributed by atoms with Crippen molar-refractivity contribution in [3.05, 3.63) is 0 Å². The second-order valence-electron chi connectivity index (χ2n) is 8.85. The molecule has 0 aromatic rings. The number of carboxylic acids is 1. The maximum atomic E-state index is 13.4. The predicted octanol–water partition coefficient (Wildman–Crippen LogP) is 1.10. The number of imide groups is 1. The first kappa shape index (κ1) is 27.8. The van der Waals surface area contributed by atoms with E-state index in [4.69, 9.17) is 10.5 Å². The zero-order chi connectivity index (χ0) is 24.0. The van der Waals surface area contributed by atoms with Crippen LogP contribution in [0.5, 0.6) is 0 Å². The Morgan fingerprint density at radius 3 is 1.93 bits per heavy atom. The Kier molecular flexibility index (Phi) is 10.4. The largest absolute Gasteiger partial charge is 0.480 e. The molecule has 0 aliphatic carbocycles. The molecule has 0 rings (SSSR count). The third-order valence-corrected chi connectivity index (χ3v) is 4.59. The number of nitrogens with one attached hydrogen (secondary N) is 1. The van der Waals surface area contributed by atoms with Crippen molar-refractivity contribution >= 4 is 23.9 Å². The lowest BCUT2D eigenvalue weighted by atomic mass is 9.95. The van der Waals surface area contributed by atoms with E-state index in [0.717, 1.165) is 0 Å². The molecule has 0 aliphatic rings. The number of nitrogens with zero attached hydrogens (tertiary/aromatic N) is 1. The number of nitrogens with two attached hydrogens (primary N) is 1. The molecule has 0 fully saturated rings. The molecule has 0 saturated heterocycles. The molecule has 174 valence electrons. The number of aliphatic hydroxyl groups is 1. The molecule has 30 heavy (non-hydrogen) atoms. The lowest BCUT2D eigenvalue weighted by Gasteiger charge is -2.35. The van der Waals surface area contributed by atoms with Gasteiger partial charge in [0.1, 0.15) is 23.7 Å². The van der Waals surface area contributed by atoms with E-state index in [1.165, 1.54) is 6.92 Å². The van der Waals surface area contributed by atoms with Crippen molar-refractivity contribution in [2.45, 2.75) is 91.6 Å². The number of amides is 3. The number of hydrogen-bond donors (Lipinski definition) is 4. The minimum absolute atomic E-state index is 0.384. The minimum atomic E-state index is -1.49. The second-order valence-corrected chi connectivity index (χ2v) is 8.85. The molecule has 3 amide bonds. The van der Waals surface area contributed by atoms with Gasteiger partial charge in [-0.2, -0.15) is 0 Å². The number of rotatable bonds is 9. The minimum Gasteiger partial charge on any atom is -0.480 e. The van der Waals surface area contributed by atoms with Crippen molar-refractivity contribution in [1.29, 1.82) is 0 Å². The fourth-order valence-corrected chi connectivity index (χ4v) is 2.62. The van der Waals surface area contributed by atoms with E-state index in [2.05, 4.69) is 5.32 Å². The van der Waals surface area contributed by atoms with Crippen LogP contribution in [0.3, 0.4) is 0 Å². The van der Waals surface area contributed by atoms with Gasteiger partial charge in [0.15, 0.2) is 0 Å². The van der Waals surface area contributed by atoms with E-state index in [1.54, 1.807) is 48.5 Å². The predicted molar refractivity (Wildman–Crippen MR) is 110 cm³/mol. The quantitative estimate of drug-likeness (QED) is 0.422. The third-order valence-electron chi connectivity index (χ3n) is 4.59. The van der Waals surface area contributed by atoms with Crippen LogP contribution in [0.15, 0.2) is 0 Å². The average Bonchev–Trinajstić information content (AvgIpc) is 2.59. The Morgan fingerprint density at radius 2 is 1.60 bits per heavy atom. The maximum absolute atomic E-state index is 13.4. The highest BCUT2D eigenvalue weighted by atomic mass is 16.6. The summed E-state index contributed by atoms with van der Waals surface area (Å²) in [5, 5.41) is 21.7. The standard InChI is InChI=1S/C20H37N3O7/c1-9-11(4)15(18(27)28)23(19(29)30-20(6,7)8)17(26)14(10(2)3)22-16(25)13(21)12(5)24/h10-15,24H,9,21H2,1-8H3,(H,22,25)(H,27,28). The summed E-state index contributed by atoms with van der Waals surface area (Å²) in [6.45, 7) is 12.7. The fourth-order valence-electron chi connectivity index (χ4n) is 2.62. The highest BCUT2D eigenvalue weighted by Crippen LogP contribution is 2.22. The summed E-state index contributed by atoms with van der Waals surface area (Å²) in [7, 11) is 0. The molecule has 0 radical (unpaired) electrons. The van der Waals surface area contributed by atoms with Crippen molar-refractivity contribution in [2.24, 2.45) is 17.6 Å². The molecular weight excluding hydrogens is 394 g/mol. The molecule has 0 saturated carbocycles. The number of carbonyl (C=O) groups excluding carboxylic acids is 3. The number of aliphatic carboxylic acids is 1. The summed E-state index contributed by atoms with van der Waals surface area (Å²) in [6, 6.07) is -4.03. The van der Waals surface area contributed by atoms with Crippen LogP contribution in [0, 0.1) is 11.8 Å². The number of ether oxygens (including phenoxy) is 1. The van der Waals surface area contributed by atoms with Crippen molar-refractivity contribution in [3.63, 3.8) is 0 Å². The number of carboxylic acid groups (broad SMARTS) is 1. The van der Waals surface area contributed by atoms with Gasteiger partial charge >= 0.3 is 12.1 Å². The molecule has 0 heterocycles. The number of aliphatic hydroxyl groups excluding tert-OH is 1. The summed E-state index contributed by atoms with van der Waals surface area (Å²) < 4.78 is 5.29. The van der Waals surface area contributed by atoms with Gasteiger partial charge < -0.3 is 26.0 Å². The highest BCUT2D eigenvalue weighted by molar-refractivity contribution is 6.01. The van der Waals surface area contributed by atoms with E-state index in [1.807, 2.05) is 0 Å². The maximum Gasteiger partial charge on any atom is 0.417 e. The number of carbonyl (C=O) groups is 4. The van der Waals surface area contributed by atoms with Crippen LogP contribution >= 0.6 is 0 Å². The summed E-state index contributed by atoms with van der Waals surface area (Å²) in [5.74, 6) is -4.14. The topological polar surface area (TPSA) is 159 Å². The summed E-state index contributed by atoms with van der Waals surface area (Å²) in [5.41, 5.74) is 4.66. The summed E-state index contributed by atoms with van der Waals surface area (Å²) in [4.78, 5) is 51.1. The Morgan fingerprint density at radius 1 is 1.10 bits per heavy atom. The Hall–Kier alpha value is -2.20. The van der Waals surface area contributed by atoms with Crippen molar-refractivity contribution < 1.29 is 34.1 Å². The molecule has 0 aromatic carbocycles. The van der Waals surface area contributed by atoms with Crippen LogP contribution in [-0.2, 0) is 19.1 Å². The van der Waals surface area contributed by atoms with Gasteiger partial charge in [-0.1, -0.05) is 34.1 Å². The molecule has 10 nitrogen and oxygen atoms in total. The van der Waals surface area contributed by atoms with Gasteiger partial charge in [-0.15, -0.1) is 0 Å². The normalized spacial score (nSPS) is 16.8. The van der Waals surface area contributed by atoms with Crippen LogP contribution < -0.4 is 11.1 Å². The lowest BCUT2D eigenvalue weighted by Crippen LogP contribution is -2.61. The van der Waals surface area contributed by atoms with Crippen molar-refractivity contribution in [1.82, 2.24) is 10.2 Å². The highest BCUT2D eigenvalue weighted by Gasteiger charge is 2.44. The van der Waals surface area contributed by atoms with Gasteiger partial charge in [-0.25, -0.2) is 14.5 Å². The Bertz CT molecular complexity index is 628. The summed E-state index contributed by atoms with van der Waals surface area (Å²) >= 11 is 0. The molecule has 5 atom stereocenters. The van der Waals surface area contributed by atoms with Crippen LogP contribution in [0.1, 0.15) is 61.8 Å². The Labute approximate surface area is 178 Å². The molecule has 0 aliphatic heterocycles. The van der Waals surface area contributed by atoms with E-state index in [-0.39, 0.29) is 0 Å². The average molecular weight is 432 g/mol. The van der Waals surface area contributed by atoms with Gasteiger partial charge in [0.2, 0.25) is 5.91 Å². The molecule has 0 bridgehead atoms. The molecule has 10 heteroatoms. The zero-order valence-electron chi connectivity index (χ0n) is 19.1. The molecule has 5 unspecified atom stereocenters. The van der Waals surface area contributed by atoms with E-state index < -0.39 is 65.5 Å². The SMILES string of the molecule is CCC(C)C(C(=O)O)N(C(=O)OC(C)(C)C)C(=O)C(NC(=O)C(N)C(C)O)C(C)C. The van der Waals surface area contributed by atoms with Gasteiger partial charge in [0.25, 0.3) is 5.91 Å². The zero-order valence-corrected chi connectivity index (χ0v) is 19.1. The first-order valence-corrected chi connectivity index (χ1v) is 10.1. The number of hydrogen-bond acceptors (Lipinski definition) is 7. The second kappa shape index (κ2) is 11.3. The van der Waals surface area contributed by atoms with Crippen molar-refractivity contribution in [2.75, 3.05) is 0 Å². The van der Waals surface area contributed by atoms with Crippen molar-refractivity contribution in [3.8, 4) is 0 Å². The van der Waals surface area contributed by atoms with Crippen LogP contribution in [0.25, 0.3) is 0 Å². The molecule has 0 spiro atoms. The van der Waals surface area contributed by atoms with Gasteiger partial charge in [-0.05, 0) is 39.5 Å².